The monoisotopic (exact) mass is 668 g/mol. The molecule has 0 bridgehead atoms. The SMILES string of the molecule is CCCCCCCCCCCCc1ccsc1C(CCC)CC(c1cccs1)c1sccc1CCCCCCCCCCCC. The number of thiophene rings is 3. The predicted octanol–water partition coefficient (Wildman–Crippen LogP) is 15.9. The molecule has 0 aliphatic rings. The van der Waals surface area contributed by atoms with Crippen LogP contribution in [0.2, 0.25) is 0 Å². The number of aryl methyl sites for hydroxylation is 2. The van der Waals surface area contributed by atoms with Crippen LogP contribution in [0.1, 0.15) is 206 Å². The van der Waals surface area contributed by atoms with Crippen LogP contribution in [0.3, 0.4) is 0 Å². The van der Waals surface area contributed by atoms with Crippen LogP contribution in [0.4, 0.5) is 0 Å². The van der Waals surface area contributed by atoms with Crippen LogP contribution in [-0.2, 0) is 12.8 Å². The van der Waals surface area contributed by atoms with Crippen LogP contribution in [0, 0.1) is 0 Å². The molecule has 0 aliphatic carbocycles. The average Bonchev–Trinajstić information content (AvgIpc) is 3.84. The van der Waals surface area contributed by atoms with Gasteiger partial charge in [0.15, 0.2) is 0 Å². The second-order valence-corrected chi connectivity index (χ2v) is 16.6. The molecule has 3 rings (SSSR count). The minimum Gasteiger partial charge on any atom is -0.148 e. The Hall–Kier alpha value is -0.900. The molecule has 0 amide bonds. The normalized spacial score (nSPS) is 13.0. The van der Waals surface area contributed by atoms with Gasteiger partial charge in [0.05, 0.1) is 0 Å². The number of hydrogen-bond acceptors (Lipinski definition) is 3. The zero-order chi connectivity index (χ0) is 31.8. The summed E-state index contributed by atoms with van der Waals surface area (Å²) < 4.78 is 0. The molecule has 3 aromatic heterocycles. The molecule has 0 saturated heterocycles. The fourth-order valence-corrected chi connectivity index (χ4v) is 10.3. The maximum absolute atomic E-state index is 2.47. The van der Waals surface area contributed by atoms with Gasteiger partial charge in [0.2, 0.25) is 0 Å². The highest BCUT2D eigenvalue weighted by molar-refractivity contribution is 7.11. The van der Waals surface area contributed by atoms with Crippen LogP contribution >= 0.6 is 34.0 Å². The molecule has 254 valence electrons. The van der Waals surface area contributed by atoms with E-state index in [0.717, 1.165) is 0 Å². The van der Waals surface area contributed by atoms with Gasteiger partial charge in [0.25, 0.3) is 0 Å². The van der Waals surface area contributed by atoms with Crippen molar-refractivity contribution < 1.29 is 0 Å². The van der Waals surface area contributed by atoms with Crippen molar-refractivity contribution in [3.05, 3.63) is 66.2 Å². The summed E-state index contributed by atoms with van der Waals surface area (Å²) in [6.07, 6.45) is 34.7. The van der Waals surface area contributed by atoms with Gasteiger partial charge in [-0.2, -0.15) is 0 Å². The Morgan fingerprint density at radius 3 is 1.40 bits per heavy atom. The molecular formula is C42H68S3. The quantitative estimate of drug-likeness (QED) is 0.0646. The predicted molar refractivity (Wildman–Crippen MR) is 208 cm³/mol. The molecule has 0 saturated carbocycles. The van der Waals surface area contributed by atoms with Gasteiger partial charge in [-0.25, -0.2) is 0 Å². The number of hydrogen-bond donors (Lipinski definition) is 0. The first kappa shape index (κ1) is 38.5. The Bertz CT molecular complexity index is 1060. The molecule has 0 N–H and O–H groups in total. The van der Waals surface area contributed by atoms with Crippen LogP contribution in [0.15, 0.2) is 40.4 Å². The van der Waals surface area contributed by atoms with Crippen LogP contribution in [-0.4, -0.2) is 0 Å². The topological polar surface area (TPSA) is 0 Å². The third kappa shape index (κ3) is 15.2. The molecule has 45 heavy (non-hydrogen) atoms. The third-order valence-electron chi connectivity index (χ3n) is 9.89. The first-order valence-electron chi connectivity index (χ1n) is 19.4. The van der Waals surface area contributed by atoms with Crippen molar-refractivity contribution >= 4 is 34.0 Å². The van der Waals surface area contributed by atoms with E-state index in [-0.39, 0.29) is 0 Å². The standard InChI is InChI=1S/C42H68S3/c1-4-7-9-11-13-15-17-19-21-23-27-36-30-33-44-41(36)38(26-6-3)35-39(40-29-25-32-43-40)42-37(31-34-45-42)28-24-22-20-18-16-14-12-10-8-5-2/h25,29-34,38-39H,4-24,26-28,35H2,1-3H3. The summed E-state index contributed by atoms with van der Waals surface area (Å²) in [5.41, 5.74) is 3.31. The molecule has 2 unspecified atom stereocenters. The van der Waals surface area contributed by atoms with Crippen LogP contribution < -0.4 is 0 Å². The Labute approximate surface area is 291 Å². The molecule has 3 aromatic rings. The summed E-state index contributed by atoms with van der Waals surface area (Å²) in [4.78, 5) is 4.96. The molecule has 0 spiro atoms. The van der Waals surface area contributed by atoms with Gasteiger partial charge in [-0.05, 0) is 89.9 Å². The lowest BCUT2D eigenvalue weighted by molar-refractivity contribution is 0.537. The Morgan fingerprint density at radius 1 is 0.467 bits per heavy atom. The highest BCUT2D eigenvalue weighted by atomic mass is 32.1. The van der Waals surface area contributed by atoms with Crippen molar-refractivity contribution in [2.45, 2.75) is 193 Å². The van der Waals surface area contributed by atoms with Gasteiger partial charge < -0.3 is 0 Å². The first-order valence-corrected chi connectivity index (χ1v) is 22.1. The maximum Gasteiger partial charge on any atom is 0.0286 e. The molecule has 0 nitrogen and oxygen atoms in total. The van der Waals surface area contributed by atoms with Crippen molar-refractivity contribution in [1.82, 2.24) is 0 Å². The van der Waals surface area contributed by atoms with Crippen LogP contribution in [0.25, 0.3) is 0 Å². The summed E-state index contributed by atoms with van der Waals surface area (Å²) in [5, 5.41) is 7.08. The lowest BCUT2D eigenvalue weighted by Gasteiger charge is -2.24. The summed E-state index contributed by atoms with van der Waals surface area (Å²) >= 11 is 6.07. The van der Waals surface area contributed by atoms with Crippen LogP contribution in [0.5, 0.6) is 0 Å². The second-order valence-electron chi connectivity index (χ2n) is 13.8. The summed E-state index contributed by atoms with van der Waals surface area (Å²) in [6.45, 7) is 7.01. The molecule has 0 radical (unpaired) electrons. The van der Waals surface area contributed by atoms with E-state index < -0.39 is 0 Å². The van der Waals surface area contributed by atoms with Crippen molar-refractivity contribution in [2.75, 3.05) is 0 Å². The van der Waals surface area contributed by atoms with Gasteiger partial charge >= 0.3 is 0 Å². The zero-order valence-electron chi connectivity index (χ0n) is 29.6. The van der Waals surface area contributed by atoms with E-state index in [0.29, 0.717) is 11.8 Å². The second kappa shape index (κ2) is 25.2. The van der Waals surface area contributed by atoms with E-state index in [1.54, 1.807) is 25.8 Å². The third-order valence-corrected chi connectivity index (χ3v) is 13.1. The smallest absolute Gasteiger partial charge is 0.0286 e. The van der Waals surface area contributed by atoms with E-state index in [1.165, 1.54) is 161 Å². The summed E-state index contributed by atoms with van der Waals surface area (Å²) in [7, 11) is 0. The average molecular weight is 669 g/mol. The summed E-state index contributed by atoms with van der Waals surface area (Å²) in [6, 6.07) is 9.63. The van der Waals surface area contributed by atoms with Crippen molar-refractivity contribution in [3.63, 3.8) is 0 Å². The van der Waals surface area contributed by atoms with Crippen molar-refractivity contribution in [1.29, 1.82) is 0 Å². The van der Waals surface area contributed by atoms with Gasteiger partial charge in [-0.3, -0.25) is 0 Å². The van der Waals surface area contributed by atoms with E-state index in [2.05, 4.69) is 72.5 Å². The molecule has 2 atom stereocenters. The molecule has 3 heterocycles. The Morgan fingerprint density at radius 2 is 0.933 bits per heavy atom. The molecule has 3 heteroatoms. The van der Waals surface area contributed by atoms with E-state index in [9.17, 15) is 0 Å². The number of unbranched alkanes of at least 4 members (excludes halogenated alkanes) is 18. The van der Waals surface area contributed by atoms with E-state index >= 15 is 0 Å². The molecule has 0 aromatic carbocycles. The van der Waals surface area contributed by atoms with Crippen molar-refractivity contribution in [2.24, 2.45) is 0 Å². The highest BCUT2D eigenvalue weighted by Gasteiger charge is 2.26. The fraction of sp³-hybridized carbons (Fsp3) is 0.714. The first-order chi connectivity index (χ1) is 22.3. The maximum atomic E-state index is 2.47. The van der Waals surface area contributed by atoms with Gasteiger partial charge in [-0.1, -0.05) is 149 Å². The van der Waals surface area contributed by atoms with Gasteiger partial charge in [0, 0.05) is 20.5 Å². The Balaban J connectivity index is 1.52. The molecule has 0 fully saturated rings. The van der Waals surface area contributed by atoms with E-state index in [4.69, 9.17) is 0 Å². The minimum atomic E-state index is 0.548. The van der Waals surface area contributed by atoms with E-state index in [1.807, 2.05) is 22.7 Å². The Kier molecular flexibility index (Phi) is 21.6. The molecule has 0 aliphatic heterocycles. The van der Waals surface area contributed by atoms with Gasteiger partial charge in [0.1, 0.15) is 0 Å². The largest absolute Gasteiger partial charge is 0.148 e. The summed E-state index contributed by atoms with van der Waals surface area (Å²) in [5.74, 6) is 1.22. The van der Waals surface area contributed by atoms with Crippen molar-refractivity contribution in [3.8, 4) is 0 Å². The lowest BCUT2D eigenvalue weighted by atomic mass is 9.85. The zero-order valence-corrected chi connectivity index (χ0v) is 32.0. The van der Waals surface area contributed by atoms with Gasteiger partial charge in [-0.15, -0.1) is 34.0 Å². The lowest BCUT2D eigenvalue weighted by Crippen LogP contribution is -2.08. The minimum absolute atomic E-state index is 0.548. The fourth-order valence-electron chi connectivity index (χ4n) is 7.21. The highest BCUT2D eigenvalue weighted by Crippen LogP contribution is 2.44. The molecular weight excluding hydrogens is 601 g/mol. The number of rotatable bonds is 29.